The maximum atomic E-state index is 6.07. The highest BCUT2D eigenvalue weighted by Crippen LogP contribution is 2.12. The standard InChI is InChI=1S/C16H27N5O.HI/c1-20(2)10-11-22-15-12-14(6-7-18-15)13-19-16(17)21-8-4-3-5-9-21;/h6-7,12H,3-5,8-11,13H2,1-2H3,(H2,17,19);1H. The van der Waals surface area contributed by atoms with Gasteiger partial charge in [0.05, 0.1) is 6.54 Å². The maximum absolute atomic E-state index is 6.07. The Bertz CT molecular complexity index is 489. The molecule has 0 amide bonds. The lowest BCUT2D eigenvalue weighted by Crippen LogP contribution is -2.40. The molecule has 0 aromatic carbocycles. The Hall–Kier alpha value is -1.09. The summed E-state index contributed by atoms with van der Waals surface area (Å²) in [5.74, 6) is 1.29. The van der Waals surface area contributed by atoms with Crippen molar-refractivity contribution in [2.24, 2.45) is 10.7 Å². The molecule has 2 rings (SSSR count). The van der Waals surface area contributed by atoms with Crippen molar-refractivity contribution in [3.8, 4) is 5.88 Å². The molecule has 0 unspecified atom stereocenters. The first-order valence-electron chi connectivity index (χ1n) is 7.92. The Morgan fingerprint density at radius 1 is 1.35 bits per heavy atom. The lowest BCUT2D eigenvalue weighted by molar-refractivity contribution is 0.253. The van der Waals surface area contributed by atoms with Gasteiger partial charge in [0.15, 0.2) is 5.96 Å². The van der Waals surface area contributed by atoms with E-state index < -0.39 is 0 Å². The minimum absolute atomic E-state index is 0. The van der Waals surface area contributed by atoms with Crippen LogP contribution in [0, 0.1) is 0 Å². The summed E-state index contributed by atoms with van der Waals surface area (Å²) < 4.78 is 5.64. The fourth-order valence-electron chi connectivity index (χ4n) is 2.36. The molecule has 1 fully saturated rings. The Morgan fingerprint density at radius 2 is 2.09 bits per heavy atom. The third kappa shape index (κ3) is 7.34. The number of nitrogens with zero attached hydrogens (tertiary/aromatic N) is 4. The number of nitrogens with two attached hydrogens (primary N) is 1. The fourth-order valence-corrected chi connectivity index (χ4v) is 2.36. The molecule has 1 saturated heterocycles. The van der Waals surface area contributed by atoms with E-state index in [9.17, 15) is 0 Å². The summed E-state index contributed by atoms with van der Waals surface area (Å²) in [7, 11) is 4.04. The number of ether oxygens (including phenoxy) is 1. The van der Waals surface area contributed by atoms with Gasteiger partial charge in [0.1, 0.15) is 6.61 Å². The molecule has 130 valence electrons. The molecule has 1 aliphatic rings. The van der Waals surface area contributed by atoms with Crippen molar-refractivity contribution in [3.05, 3.63) is 23.9 Å². The van der Waals surface area contributed by atoms with Crippen LogP contribution in [-0.4, -0.2) is 61.1 Å². The molecule has 0 radical (unpaired) electrons. The molecule has 0 aliphatic carbocycles. The van der Waals surface area contributed by atoms with Gasteiger partial charge in [0.2, 0.25) is 5.88 Å². The van der Waals surface area contributed by atoms with Crippen LogP contribution in [0.4, 0.5) is 0 Å². The molecule has 1 aromatic rings. The average Bonchev–Trinajstić information content (AvgIpc) is 2.53. The van der Waals surface area contributed by atoms with Gasteiger partial charge in [0, 0.05) is 31.9 Å². The summed E-state index contributed by atoms with van der Waals surface area (Å²) in [5, 5.41) is 0. The van der Waals surface area contributed by atoms with E-state index in [0.717, 1.165) is 25.2 Å². The lowest BCUT2D eigenvalue weighted by atomic mass is 10.1. The highest BCUT2D eigenvalue weighted by Gasteiger charge is 2.11. The molecule has 0 spiro atoms. The predicted octanol–water partition coefficient (Wildman–Crippen LogP) is 1.94. The number of aromatic nitrogens is 1. The van der Waals surface area contributed by atoms with Crippen molar-refractivity contribution in [1.29, 1.82) is 0 Å². The lowest BCUT2D eigenvalue weighted by Gasteiger charge is -2.27. The van der Waals surface area contributed by atoms with Crippen LogP contribution in [0.25, 0.3) is 0 Å². The van der Waals surface area contributed by atoms with Gasteiger partial charge in [-0.05, 0) is 45.0 Å². The minimum atomic E-state index is 0. The fraction of sp³-hybridized carbons (Fsp3) is 0.625. The van der Waals surface area contributed by atoms with E-state index in [2.05, 4.69) is 19.8 Å². The van der Waals surface area contributed by atoms with Crippen LogP contribution in [-0.2, 0) is 6.54 Å². The zero-order valence-corrected chi connectivity index (χ0v) is 16.4. The van der Waals surface area contributed by atoms with Gasteiger partial charge >= 0.3 is 0 Å². The largest absolute Gasteiger partial charge is 0.476 e. The summed E-state index contributed by atoms with van der Waals surface area (Å²) in [6.45, 7) is 4.10. The number of aliphatic imine (C=N–C) groups is 1. The highest BCUT2D eigenvalue weighted by molar-refractivity contribution is 14.0. The second-order valence-electron chi connectivity index (χ2n) is 5.88. The van der Waals surface area contributed by atoms with Crippen molar-refractivity contribution in [1.82, 2.24) is 14.8 Å². The number of piperidine rings is 1. The average molecular weight is 433 g/mol. The first-order chi connectivity index (χ1) is 10.6. The van der Waals surface area contributed by atoms with Gasteiger partial charge in [0.25, 0.3) is 0 Å². The molecule has 2 heterocycles. The number of hydrogen-bond acceptors (Lipinski definition) is 4. The molecule has 7 heteroatoms. The molecule has 23 heavy (non-hydrogen) atoms. The summed E-state index contributed by atoms with van der Waals surface area (Å²) in [4.78, 5) is 13.0. The third-order valence-electron chi connectivity index (χ3n) is 3.69. The van der Waals surface area contributed by atoms with E-state index in [0.29, 0.717) is 25.0 Å². The number of halogens is 1. The molecule has 2 N–H and O–H groups in total. The van der Waals surface area contributed by atoms with E-state index in [1.54, 1.807) is 6.20 Å². The Labute approximate surface area is 156 Å². The van der Waals surface area contributed by atoms with Gasteiger partial charge in [-0.1, -0.05) is 0 Å². The SMILES string of the molecule is CN(C)CCOc1cc(CN=C(N)N2CCCCC2)ccn1.I. The highest BCUT2D eigenvalue weighted by atomic mass is 127. The minimum Gasteiger partial charge on any atom is -0.476 e. The van der Waals surface area contributed by atoms with Crippen LogP contribution in [0.1, 0.15) is 24.8 Å². The predicted molar refractivity (Wildman–Crippen MR) is 104 cm³/mol. The summed E-state index contributed by atoms with van der Waals surface area (Å²) in [5.41, 5.74) is 7.14. The van der Waals surface area contributed by atoms with Crippen LogP contribution in [0.2, 0.25) is 0 Å². The number of hydrogen-bond donors (Lipinski definition) is 1. The van der Waals surface area contributed by atoms with E-state index in [1.807, 2.05) is 26.2 Å². The Morgan fingerprint density at radius 3 is 2.78 bits per heavy atom. The number of rotatable bonds is 6. The number of likely N-dealkylation sites (N-methyl/N-ethyl adjacent to an activating group) is 1. The summed E-state index contributed by atoms with van der Waals surface area (Å²) >= 11 is 0. The summed E-state index contributed by atoms with van der Waals surface area (Å²) in [6, 6.07) is 3.88. The van der Waals surface area contributed by atoms with Gasteiger partial charge in [-0.2, -0.15) is 0 Å². The number of guanidine groups is 1. The molecular weight excluding hydrogens is 405 g/mol. The molecule has 6 nitrogen and oxygen atoms in total. The first kappa shape index (κ1) is 20.0. The monoisotopic (exact) mass is 433 g/mol. The molecule has 0 atom stereocenters. The van der Waals surface area contributed by atoms with Crippen molar-refractivity contribution < 1.29 is 4.74 Å². The van der Waals surface area contributed by atoms with E-state index in [4.69, 9.17) is 10.5 Å². The van der Waals surface area contributed by atoms with Crippen LogP contribution in [0.15, 0.2) is 23.3 Å². The third-order valence-corrected chi connectivity index (χ3v) is 3.69. The second-order valence-corrected chi connectivity index (χ2v) is 5.88. The van der Waals surface area contributed by atoms with E-state index >= 15 is 0 Å². The van der Waals surface area contributed by atoms with E-state index in [1.165, 1.54) is 19.3 Å². The van der Waals surface area contributed by atoms with Crippen molar-refractivity contribution >= 4 is 29.9 Å². The van der Waals surface area contributed by atoms with Gasteiger partial charge in [-0.3, -0.25) is 0 Å². The second kappa shape index (κ2) is 10.6. The van der Waals surface area contributed by atoms with Crippen LogP contribution in [0.5, 0.6) is 5.88 Å². The Balaban J connectivity index is 0.00000264. The first-order valence-corrected chi connectivity index (χ1v) is 7.92. The zero-order chi connectivity index (χ0) is 15.8. The number of likely N-dealkylation sites (tertiary alicyclic amines) is 1. The van der Waals surface area contributed by atoms with Gasteiger partial charge in [-0.25, -0.2) is 9.98 Å². The van der Waals surface area contributed by atoms with Crippen LogP contribution in [0.3, 0.4) is 0 Å². The molecular formula is C16H28IN5O. The smallest absolute Gasteiger partial charge is 0.213 e. The normalized spacial score (nSPS) is 15.4. The summed E-state index contributed by atoms with van der Waals surface area (Å²) in [6.07, 6.45) is 5.46. The van der Waals surface area contributed by atoms with Crippen molar-refractivity contribution in [3.63, 3.8) is 0 Å². The number of pyridine rings is 1. The van der Waals surface area contributed by atoms with Crippen LogP contribution < -0.4 is 10.5 Å². The van der Waals surface area contributed by atoms with E-state index in [-0.39, 0.29) is 24.0 Å². The van der Waals surface area contributed by atoms with Crippen molar-refractivity contribution in [2.75, 3.05) is 40.3 Å². The Kier molecular flexibility index (Phi) is 9.23. The quantitative estimate of drug-likeness (QED) is 0.422. The molecule has 0 bridgehead atoms. The van der Waals surface area contributed by atoms with Gasteiger partial charge in [-0.15, -0.1) is 24.0 Å². The molecule has 1 aromatic heterocycles. The molecule has 0 saturated carbocycles. The van der Waals surface area contributed by atoms with Crippen molar-refractivity contribution in [2.45, 2.75) is 25.8 Å². The van der Waals surface area contributed by atoms with Gasteiger partial charge < -0.3 is 20.3 Å². The molecule has 1 aliphatic heterocycles. The maximum Gasteiger partial charge on any atom is 0.213 e. The zero-order valence-electron chi connectivity index (χ0n) is 14.1. The topological polar surface area (TPSA) is 67.0 Å². The van der Waals surface area contributed by atoms with Crippen LogP contribution >= 0.6 is 24.0 Å².